The molecule has 2 rings (SSSR count). The molecule has 7 nitrogen and oxygen atoms in total. The topological polar surface area (TPSA) is 69.0 Å². The molecule has 0 atom stereocenters. The van der Waals surface area contributed by atoms with Crippen LogP contribution in [-0.2, 0) is 13.1 Å². The second-order valence-corrected chi connectivity index (χ2v) is 7.26. The summed E-state index contributed by atoms with van der Waals surface area (Å²) in [6.45, 7) is 2.20. The highest BCUT2D eigenvalue weighted by atomic mass is 32.1. The van der Waals surface area contributed by atoms with E-state index < -0.39 is 0 Å². The van der Waals surface area contributed by atoms with Gasteiger partial charge < -0.3 is 24.4 Å². The Morgan fingerprint density at radius 1 is 1.12 bits per heavy atom. The third-order valence-corrected chi connectivity index (χ3v) is 4.48. The van der Waals surface area contributed by atoms with Gasteiger partial charge in [-0.1, -0.05) is 0 Å². The highest BCUT2D eigenvalue weighted by Crippen LogP contribution is 2.11. The summed E-state index contributed by atoms with van der Waals surface area (Å²) in [6.07, 6.45) is 0. The maximum Gasteiger partial charge on any atom is 0.318 e. The van der Waals surface area contributed by atoms with Crippen molar-refractivity contribution in [3.63, 3.8) is 0 Å². The zero-order valence-electron chi connectivity index (χ0n) is 15.7. The number of urea groups is 1. The lowest BCUT2D eigenvalue weighted by molar-refractivity contribution is 0.0794. The molecule has 0 aliphatic heterocycles. The molecule has 0 aliphatic rings. The molecular weight excluding hydrogens is 352 g/mol. The summed E-state index contributed by atoms with van der Waals surface area (Å²) >= 11 is 1.62. The highest BCUT2D eigenvalue weighted by molar-refractivity contribution is 7.07. The van der Waals surface area contributed by atoms with Gasteiger partial charge in [0.1, 0.15) is 5.76 Å². The molecule has 0 fully saturated rings. The van der Waals surface area contributed by atoms with Crippen molar-refractivity contribution in [3.8, 4) is 0 Å². The van der Waals surface area contributed by atoms with Gasteiger partial charge in [0.15, 0.2) is 5.76 Å². The molecule has 0 saturated heterocycles. The van der Waals surface area contributed by atoms with Gasteiger partial charge in [0, 0.05) is 33.7 Å². The normalized spacial score (nSPS) is 10.8. The molecule has 0 saturated carbocycles. The first kappa shape index (κ1) is 20.0. The molecule has 0 bridgehead atoms. The Morgan fingerprint density at radius 2 is 1.88 bits per heavy atom. The van der Waals surface area contributed by atoms with Crippen molar-refractivity contribution in [2.45, 2.75) is 13.1 Å². The van der Waals surface area contributed by atoms with E-state index in [1.165, 1.54) is 4.90 Å². The van der Waals surface area contributed by atoms with Gasteiger partial charge in [-0.3, -0.25) is 4.79 Å². The summed E-state index contributed by atoms with van der Waals surface area (Å²) in [5.74, 6) is 0.612. The predicted molar refractivity (Wildman–Crippen MR) is 102 cm³/mol. The van der Waals surface area contributed by atoms with Crippen molar-refractivity contribution in [1.29, 1.82) is 0 Å². The Hall–Kier alpha value is -2.32. The lowest BCUT2D eigenvalue weighted by Crippen LogP contribution is -2.42. The van der Waals surface area contributed by atoms with Gasteiger partial charge in [-0.15, -0.1) is 0 Å². The minimum absolute atomic E-state index is 0.157. The number of carbonyl (C=O) groups is 2. The van der Waals surface area contributed by atoms with Crippen LogP contribution in [0.4, 0.5) is 4.79 Å². The number of carbonyl (C=O) groups excluding carboxylic acids is 2. The standard InChI is InChI=1S/C18H26N4O3S/c1-20(2)8-9-22(12-14-7-10-26-13-14)18(24)19-11-15-5-6-16(25-15)17(23)21(3)4/h5-7,10,13H,8-9,11-12H2,1-4H3,(H,19,24). The van der Waals surface area contributed by atoms with Gasteiger partial charge in [-0.05, 0) is 48.6 Å². The van der Waals surface area contributed by atoms with Crippen LogP contribution < -0.4 is 5.32 Å². The number of furan rings is 1. The molecule has 2 heterocycles. The molecule has 0 spiro atoms. The summed E-state index contributed by atoms with van der Waals surface area (Å²) < 4.78 is 5.51. The van der Waals surface area contributed by atoms with Crippen molar-refractivity contribution in [2.75, 3.05) is 41.3 Å². The quantitative estimate of drug-likeness (QED) is 0.765. The molecule has 1 N–H and O–H groups in total. The van der Waals surface area contributed by atoms with E-state index in [1.54, 1.807) is 42.5 Å². The molecule has 0 unspecified atom stereocenters. The highest BCUT2D eigenvalue weighted by Gasteiger charge is 2.16. The van der Waals surface area contributed by atoms with Gasteiger partial charge >= 0.3 is 6.03 Å². The second-order valence-electron chi connectivity index (χ2n) is 6.48. The number of rotatable bonds is 8. The molecule has 2 aromatic rings. The van der Waals surface area contributed by atoms with Crippen LogP contribution in [0.2, 0.25) is 0 Å². The molecule has 0 radical (unpaired) electrons. The Balaban J connectivity index is 1.94. The van der Waals surface area contributed by atoms with Gasteiger partial charge in [0.2, 0.25) is 0 Å². The predicted octanol–water partition coefficient (Wildman–Crippen LogP) is 2.32. The summed E-state index contributed by atoms with van der Waals surface area (Å²) in [5, 5.41) is 6.92. The fourth-order valence-electron chi connectivity index (χ4n) is 2.26. The number of hydrogen-bond donors (Lipinski definition) is 1. The smallest absolute Gasteiger partial charge is 0.318 e. The maximum absolute atomic E-state index is 12.6. The van der Waals surface area contributed by atoms with Crippen molar-refractivity contribution < 1.29 is 14.0 Å². The zero-order valence-corrected chi connectivity index (χ0v) is 16.5. The number of amides is 3. The van der Waals surface area contributed by atoms with Gasteiger partial charge in [0.25, 0.3) is 5.91 Å². The third kappa shape index (κ3) is 5.89. The van der Waals surface area contributed by atoms with Gasteiger partial charge in [-0.25, -0.2) is 4.79 Å². The minimum atomic E-state index is -0.201. The van der Waals surface area contributed by atoms with E-state index in [-0.39, 0.29) is 24.2 Å². The molecular formula is C18H26N4O3S. The zero-order chi connectivity index (χ0) is 19.1. The number of nitrogens with zero attached hydrogens (tertiary/aromatic N) is 3. The fourth-order valence-corrected chi connectivity index (χ4v) is 2.92. The summed E-state index contributed by atoms with van der Waals surface area (Å²) in [4.78, 5) is 29.7. The first-order valence-corrected chi connectivity index (χ1v) is 9.30. The van der Waals surface area contributed by atoms with Crippen LogP contribution in [0.15, 0.2) is 33.4 Å². The van der Waals surface area contributed by atoms with Crippen molar-refractivity contribution in [2.24, 2.45) is 0 Å². The maximum atomic E-state index is 12.6. The summed E-state index contributed by atoms with van der Waals surface area (Å²) in [6, 6.07) is 5.20. The Morgan fingerprint density at radius 3 is 2.50 bits per heavy atom. The van der Waals surface area contributed by atoms with Crippen LogP contribution in [-0.4, -0.2) is 67.9 Å². The van der Waals surface area contributed by atoms with Crippen molar-refractivity contribution >= 4 is 23.3 Å². The van der Waals surface area contributed by atoms with Crippen LogP contribution in [0, 0.1) is 0 Å². The first-order valence-electron chi connectivity index (χ1n) is 8.35. The van der Waals surface area contributed by atoms with Crippen LogP contribution in [0.1, 0.15) is 21.9 Å². The number of hydrogen-bond acceptors (Lipinski definition) is 5. The van der Waals surface area contributed by atoms with E-state index in [4.69, 9.17) is 4.42 Å². The largest absolute Gasteiger partial charge is 0.454 e. The minimum Gasteiger partial charge on any atom is -0.454 e. The van der Waals surface area contributed by atoms with Crippen LogP contribution in [0.3, 0.4) is 0 Å². The van der Waals surface area contributed by atoms with E-state index >= 15 is 0 Å². The molecule has 0 aliphatic carbocycles. The molecule has 142 valence electrons. The third-order valence-electron chi connectivity index (χ3n) is 3.75. The summed E-state index contributed by atoms with van der Waals surface area (Å²) in [7, 11) is 7.29. The lowest BCUT2D eigenvalue weighted by atomic mass is 10.3. The van der Waals surface area contributed by atoms with Crippen LogP contribution >= 0.6 is 11.3 Å². The van der Waals surface area contributed by atoms with Gasteiger partial charge in [-0.2, -0.15) is 11.3 Å². The first-order chi connectivity index (χ1) is 12.4. The van der Waals surface area contributed by atoms with Crippen LogP contribution in [0.25, 0.3) is 0 Å². The van der Waals surface area contributed by atoms with Crippen molar-refractivity contribution in [3.05, 3.63) is 46.0 Å². The number of thiophene rings is 1. The molecule has 26 heavy (non-hydrogen) atoms. The fraction of sp³-hybridized carbons (Fsp3) is 0.444. The van der Waals surface area contributed by atoms with E-state index in [1.807, 2.05) is 35.8 Å². The van der Waals surface area contributed by atoms with E-state index in [9.17, 15) is 9.59 Å². The Labute approximate surface area is 158 Å². The van der Waals surface area contributed by atoms with E-state index in [2.05, 4.69) is 5.32 Å². The second kappa shape index (κ2) is 9.40. The monoisotopic (exact) mass is 378 g/mol. The molecule has 3 amide bonds. The number of nitrogens with one attached hydrogen (secondary N) is 1. The molecule has 2 aromatic heterocycles. The molecule has 0 aromatic carbocycles. The van der Waals surface area contributed by atoms with Gasteiger partial charge in [0.05, 0.1) is 6.54 Å². The SMILES string of the molecule is CN(C)CCN(Cc1ccsc1)C(=O)NCc1ccc(C(=O)N(C)C)o1. The lowest BCUT2D eigenvalue weighted by Gasteiger charge is -2.24. The average Bonchev–Trinajstić information content (AvgIpc) is 3.27. The average molecular weight is 378 g/mol. The Kier molecular flexibility index (Phi) is 7.23. The summed E-state index contributed by atoms with van der Waals surface area (Å²) in [5.41, 5.74) is 1.11. The van der Waals surface area contributed by atoms with Crippen LogP contribution in [0.5, 0.6) is 0 Å². The van der Waals surface area contributed by atoms with Crippen molar-refractivity contribution in [1.82, 2.24) is 20.0 Å². The van der Waals surface area contributed by atoms with E-state index in [0.29, 0.717) is 18.8 Å². The number of likely N-dealkylation sites (N-methyl/N-ethyl adjacent to an activating group) is 1. The Bertz CT molecular complexity index is 710. The van der Waals surface area contributed by atoms with E-state index in [0.717, 1.165) is 12.1 Å². The molecule has 8 heteroatoms.